The van der Waals surface area contributed by atoms with E-state index in [1.54, 1.807) is 0 Å². The van der Waals surface area contributed by atoms with Crippen LogP contribution in [0.25, 0.3) is 11.1 Å². The molecule has 0 bridgehead atoms. The number of benzene rings is 2. The van der Waals surface area contributed by atoms with Gasteiger partial charge < -0.3 is 0 Å². The van der Waals surface area contributed by atoms with Gasteiger partial charge in [0.25, 0.3) is 0 Å². The van der Waals surface area contributed by atoms with E-state index >= 15 is 0 Å². The van der Waals surface area contributed by atoms with E-state index in [9.17, 15) is 0 Å². The fourth-order valence-corrected chi connectivity index (χ4v) is 4.34. The third kappa shape index (κ3) is 4.96. The summed E-state index contributed by atoms with van der Waals surface area (Å²) >= 11 is 0. The lowest BCUT2D eigenvalue weighted by molar-refractivity contribution is 0.531. The van der Waals surface area contributed by atoms with Gasteiger partial charge in [-0.05, 0) is 73.6 Å². The fourth-order valence-electron chi connectivity index (χ4n) is 4.34. The van der Waals surface area contributed by atoms with E-state index in [1.807, 2.05) is 0 Å². The van der Waals surface area contributed by atoms with E-state index in [0.717, 1.165) is 0 Å². The molecule has 0 nitrogen and oxygen atoms in total. The number of hydrogen-bond donors (Lipinski definition) is 0. The maximum Gasteiger partial charge on any atom is -0.00590 e. The first-order chi connectivity index (χ1) is 13.2. The lowest BCUT2D eigenvalue weighted by Crippen LogP contribution is -2.23. The normalized spacial score (nSPS) is 13.1. The highest BCUT2D eigenvalue weighted by molar-refractivity contribution is 5.78. The molecule has 0 fully saturated rings. The summed E-state index contributed by atoms with van der Waals surface area (Å²) in [6.07, 6.45) is 0. The van der Waals surface area contributed by atoms with Crippen LogP contribution in [0.4, 0.5) is 0 Å². The molecule has 0 aliphatic carbocycles. The van der Waals surface area contributed by atoms with Crippen molar-refractivity contribution >= 4 is 0 Å². The van der Waals surface area contributed by atoms with Crippen molar-refractivity contribution in [2.45, 2.75) is 112 Å². The molecule has 2 aromatic carbocycles. The van der Waals surface area contributed by atoms with Crippen LogP contribution in [0, 0.1) is 6.07 Å². The minimum atomic E-state index is 0.0505. The largest absolute Gasteiger partial charge is 0.0587 e. The van der Waals surface area contributed by atoms with Gasteiger partial charge in [0.15, 0.2) is 0 Å². The molecule has 0 aromatic heterocycles. The Kier molecular flexibility index (Phi) is 6.78. The zero-order valence-electron chi connectivity index (χ0n) is 21.0. The minimum absolute atomic E-state index is 0.0505. The van der Waals surface area contributed by atoms with Gasteiger partial charge in [-0.15, -0.1) is 0 Å². The Morgan fingerprint density at radius 2 is 1.17 bits per heavy atom. The van der Waals surface area contributed by atoms with Crippen molar-refractivity contribution in [1.29, 1.82) is 0 Å². The maximum atomic E-state index is 3.71. The molecule has 0 unspecified atom stereocenters. The van der Waals surface area contributed by atoms with Crippen LogP contribution < -0.4 is 0 Å². The third-order valence-corrected chi connectivity index (χ3v) is 5.94. The Morgan fingerprint density at radius 1 is 0.690 bits per heavy atom. The van der Waals surface area contributed by atoms with E-state index in [4.69, 9.17) is 0 Å². The molecular formula is C29H43. The molecule has 29 heavy (non-hydrogen) atoms. The summed E-state index contributed by atoms with van der Waals surface area (Å²) in [5.41, 5.74) is 10.2. The molecule has 0 atom stereocenters. The fraction of sp³-hybridized carbons (Fsp3) is 0.586. The van der Waals surface area contributed by atoms with Crippen LogP contribution in [0.2, 0.25) is 0 Å². The van der Waals surface area contributed by atoms with Gasteiger partial charge in [-0.3, -0.25) is 0 Å². The van der Waals surface area contributed by atoms with E-state index < -0.39 is 0 Å². The molecule has 0 heterocycles. The summed E-state index contributed by atoms with van der Waals surface area (Å²) in [6, 6.07) is 13.1. The minimum Gasteiger partial charge on any atom is -0.0587 e. The average molecular weight is 392 g/mol. The molecular weight excluding hydrogens is 348 g/mol. The molecule has 159 valence electrons. The van der Waals surface area contributed by atoms with Gasteiger partial charge in [-0.1, -0.05) is 107 Å². The topological polar surface area (TPSA) is 0 Å². The van der Waals surface area contributed by atoms with Crippen molar-refractivity contribution < 1.29 is 0 Å². The average Bonchev–Trinajstić information content (AvgIpc) is 2.58. The molecule has 0 amide bonds. The summed E-state index contributed by atoms with van der Waals surface area (Å²) in [5, 5.41) is 0. The molecule has 2 aromatic rings. The van der Waals surface area contributed by atoms with Crippen molar-refractivity contribution in [2.75, 3.05) is 0 Å². The van der Waals surface area contributed by atoms with Crippen LogP contribution in [0.1, 0.15) is 129 Å². The quantitative estimate of drug-likeness (QED) is 0.487. The summed E-state index contributed by atoms with van der Waals surface area (Å²) < 4.78 is 0. The number of hydrogen-bond acceptors (Lipinski definition) is 0. The molecule has 0 saturated heterocycles. The number of rotatable bonds is 4. The molecule has 2 rings (SSSR count). The molecule has 0 aliphatic rings. The molecule has 0 N–H and O–H groups in total. The summed E-state index contributed by atoms with van der Waals surface area (Å²) in [7, 11) is 0. The first-order valence-corrected chi connectivity index (χ1v) is 11.4. The van der Waals surface area contributed by atoms with E-state index in [0.29, 0.717) is 17.8 Å². The second kappa shape index (κ2) is 8.29. The SMILES string of the molecule is CC(C)c1cc(C(C)C)c(-c2[c]ccc(C(C)(C)C)c2C(C)(C)C)c(C(C)C)c1. The highest BCUT2D eigenvalue weighted by atomic mass is 14.3. The van der Waals surface area contributed by atoms with Crippen molar-refractivity contribution in [1.82, 2.24) is 0 Å². The molecule has 0 saturated carbocycles. The second-order valence-corrected chi connectivity index (χ2v) is 11.7. The summed E-state index contributed by atoms with van der Waals surface area (Å²) in [5.74, 6) is 1.48. The van der Waals surface area contributed by atoms with Crippen LogP contribution >= 0.6 is 0 Å². The van der Waals surface area contributed by atoms with Gasteiger partial charge in [-0.25, -0.2) is 0 Å². The zero-order valence-corrected chi connectivity index (χ0v) is 21.0. The molecule has 1 radical (unpaired) electrons. The first-order valence-electron chi connectivity index (χ1n) is 11.4. The first kappa shape index (κ1) is 23.7. The van der Waals surface area contributed by atoms with Crippen LogP contribution in [0.3, 0.4) is 0 Å². The lowest BCUT2D eigenvalue weighted by Gasteiger charge is -2.34. The monoisotopic (exact) mass is 391 g/mol. The van der Waals surface area contributed by atoms with Gasteiger partial charge in [0.2, 0.25) is 0 Å². The molecule has 0 aliphatic heterocycles. The van der Waals surface area contributed by atoms with Gasteiger partial charge in [0.1, 0.15) is 0 Å². The van der Waals surface area contributed by atoms with E-state index in [2.05, 4.69) is 113 Å². The second-order valence-electron chi connectivity index (χ2n) is 11.7. The van der Waals surface area contributed by atoms with Crippen molar-refractivity contribution in [2.24, 2.45) is 0 Å². The van der Waals surface area contributed by atoms with Crippen LogP contribution in [0.15, 0.2) is 24.3 Å². The van der Waals surface area contributed by atoms with E-state index in [1.165, 1.54) is 38.9 Å². The van der Waals surface area contributed by atoms with Gasteiger partial charge in [0.05, 0.1) is 0 Å². The van der Waals surface area contributed by atoms with Crippen molar-refractivity contribution in [3.63, 3.8) is 0 Å². The highest BCUT2D eigenvalue weighted by Crippen LogP contribution is 2.45. The van der Waals surface area contributed by atoms with Gasteiger partial charge in [0, 0.05) is 0 Å². The summed E-state index contributed by atoms with van der Waals surface area (Å²) in [6.45, 7) is 28.0. The Labute approximate surface area is 181 Å². The van der Waals surface area contributed by atoms with Gasteiger partial charge in [-0.2, -0.15) is 0 Å². The Morgan fingerprint density at radius 3 is 1.52 bits per heavy atom. The maximum absolute atomic E-state index is 3.71. The predicted octanol–water partition coefficient (Wildman–Crippen LogP) is 9.12. The van der Waals surface area contributed by atoms with Crippen LogP contribution in [-0.4, -0.2) is 0 Å². The molecule has 0 spiro atoms. The van der Waals surface area contributed by atoms with Crippen molar-refractivity contribution in [3.05, 3.63) is 58.1 Å². The van der Waals surface area contributed by atoms with Crippen LogP contribution in [-0.2, 0) is 10.8 Å². The smallest absolute Gasteiger partial charge is 0.00590 e. The lowest BCUT2D eigenvalue weighted by atomic mass is 9.70. The third-order valence-electron chi connectivity index (χ3n) is 5.94. The van der Waals surface area contributed by atoms with Crippen molar-refractivity contribution in [3.8, 4) is 11.1 Å². The Bertz CT molecular complexity index is 820. The van der Waals surface area contributed by atoms with Gasteiger partial charge >= 0.3 is 0 Å². The molecule has 0 heteroatoms. The summed E-state index contributed by atoms with van der Waals surface area (Å²) in [4.78, 5) is 0. The highest BCUT2D eigenvalue weighted by Gasteiger charge is 2.30. The van der Waals surface area contributed by atoms with E-state index in [-0.39, 0.29) is 10.8 Å². The predicted molar refractivity (Wildman–Crippen MR) is 130 cm³/mol. The van der Waals surface area contributed by atoms with Crippen LogP contribution in [0.5, 0.6) is 0 Å². The standard InChI is InChI=1S/C29H43/c1-18(2)21-16-23(19(3)4)26(24(17-21)20(5)6)22-14-13-15-25(28(7,8)9)27(22)29(10,11)12/h13,15-20H,1-12H3. The Balaban J connectivity index is 3.05. The zero-order chi connectivity index (χ0) is 22.3. The Hall–Kier alpha value is -1.56.